The number of amides is 1. The van der Waals surface area contributed by atoms with E-state index in [9.17, 15) is 4.79 Å². The van der Waals surface area contributed by atoms with Gasteiger partial charge >= 0.3 is 0 Å². The molecule has 0 bridgehead atoms. The van der Waals surface area contributed by atoms with Crippen molar-refractivity contribution in [3.63, 3.8) is 0 Å². The first-order valence-corrected chi connectivity index (χ1v) is 6.71. The van der Waals surface area contributed by atoms with Crippen molar-refractivity contribution in [2.75, 3.05) is 16.9 Å². The summed E-state index contributed by atoms with van der Waals surface area (Å²) in [7, 11) is 0. The van der Waals surface area contributed by atoms with Crippen LogP contribution in [0.25, 0.3) is 0 Å². The van der Waals surface area contributed by atoms with Crippen molar-refractivity contribution >= 4 is 34.1 Å². The van der Waals surface area contributed by atoms with Crippen LogP contribution in [-0.2, 0) is 11.2 Å². The fourth-order valence-electron chi connectivity index (χ4n) is 1.20. The SMILES string of the molecule is CCc1nnc(NC(=O)[C@H]2CSCN2)s1. The first-order chi connectivity index (χ1) is 7.29. The molecule has 0 aliphatic carbocycles. The van der Waals surface area contributed by atoms with Crippen molar-refractivity contribution < 1.29 is 4.79 Å². The maximum atomic E-state index is 11.7. The third kappa shape index (κ3) is 2.67. The molecule has 1 aliphatic heterocycles. The van der Waals surface area contributed by atoms with Crippen LogP contribution in [0.15, 0.2) is 0 Å². The summed E-state index contributed by atoms with van der Waals surface area (Å²) in [5.41, 5.74) is 0. The summed E-state index contributed by atoms with van der Waals surface area (Å²) in [6.45, 7) is 2.02. The molecule has 1 amide bonds. The molecule has 5 nitrogen and oxygen atoms in total. The average Bonchev–Trinajstić information content (AvgIpc) is 2.87. The van der Waals surface area contributed by atoms with Gasteiger partial charge in [-0.05, 0) is 6.42 Å². The topological polar surface area (TPSA) is 66.9 Å². The fourth-order valence-corrected chi connectivity index (χ4v) is 2.83. The molecule has 2 heterocycles. The Labute approximate surface area is 96.0 Å². The number of carbonyl (C=O) groups is 1. The van der Waals surface area contributed by atoms with Gasteiger partial charge in [0, 0.05) is 11.6 Å². The fraction of sp³-hybridized carbons (Fsp3) is 0.625. The van der Waals surface area contributed by atoms with E-state index in [1.165, 1.54) is 11.3 Å². The Balaban J connectivity index is 1.92. The van der Waals surface area contributed by atoms with E-state index in [4.69, 9.17) is 0 Å². The average molecular weight is 244 g/mol. The van der Waals surface area contributed by atoms with Gasteiger partial charge in [-0.1, -0.05) is 18.3 Å². The Morgan fingerprint density at radius 2 is 2.53 bits per heavy atom. The smallest absolute Gasteiger partial charge is 0.244 e. The van der Waals surface area contributed by atoms with Gasteiger partial charge in [0.15, 0.2) is 0 Å². The van der Waals surface area contributed by atoms with Gasteiger partial charge in [0.25, 0.3) is 0 Å². The van der Waals surface area contributed by atoms with Gasteiger partial charge < -0.3 is 0 Å². The first-order valence-electron chi connectivity index (χ1n) is 4.74. The molecule has 1 aliphatic rings. The molecule has 7 heteroatoms. The molecule has 1 saturated heterocycles. The second-order valence-electron chi connectivity index (χ2n) is 3.12. The van der Waals surface area contributed by atoms with Crippen LogP contribution in [0.2, 0.25) is 0 Å². The number of hydrogen-bond donors (Lipinski definition) is 2. The molecule has 0 unspecified atom stereocenters. The molecular formula is C8H12N4OS2. The van der Waals surface area contributed by atoms with Crippen molar-refractivity contribution in [2.45, 2.75) is 19.4 Å². The summed E-state index contributed by atoms with van der Waals surface area (Å²) in [6.07, 6.45) is 0.852. The third-order valence-electron chi connectivity index (χ3n) is 2.03. The molecule has 82 valence electrons. The normalized spacial score (nSPS) is 20.5. The third-order valence-corrected chi connectivity index (χ3v) is 3.96. The lowest BCUT2D eigenvalue weighted by molar-refractivity contribution is -0.117. The monoisotopic (exact) mass is 244 g/mol. The zero-order valence-electron chi connectivity index (χ0n) is 8.32. The Morgan fingerprint density at radius 1 is 1.67 bits per heavy atom. The second-order valence-corrected chi connectivity index (χ2v) is 5.21. The van der Waals surface area contributed by atoms with Gasteiger partial charge in [-0.25, -0.2) is 0 Å². The number of thioether (sulfide) groups is 1. The van der Waals surface area contributed by atoms with Crippen LogP contribution in [0.5, 0.6) is 0 Å². The molecule has 0 saturated carbocycles. The van der Waals surface area contributed by atoms with Crippen molar-refractivity contribution in [1.82, 2.24) is 15.5 Å². The minimum absolute atomic E-state index is 0.0150. The molecule has 0 radical (unpaired) electrons. The summed E-state index contributed by atoms with van der Waals surface area (Å²) in [6, 6.07) is -0.0935. The van der Waals surface area contributed by atoms with Crippen LogP contribution in [0, 0.1) is 0 Å². The number of nitrogens with one attached hydrogen (secondary N) is 2. The molecule has 1 atom stereocenters. The van der Waals surface area contributed by atoms with E-state index < -0.39 is 0 Å². The van der Waals surface area contributed by atoms with Crippen molar-refractivity contribution in [1.29, 1.82) is 0 Å². The van der Waals surface area contributed by atoms with Crippen molar-refractivity contribution in [3.05, 3.63) is 5.01 Å². The maximum Gasteiger partial charge on any atom is 0.244 e. The molecule has 2 rings (SSSR count). The summed E-state index contributed by atoms with van der Waals surface area (Å²) in [4.78, 5) is 11.7. The summed E-state index contributed by atoms with van der Waals surface area (Å²) in [5, 5.41) is 15.3. The largest absolute Gasteiger partial charge is 0.299 e. The zero-order chi connectivity index (χ0) is 10.7. The lowest BCUT2D eigenvalue weighted by Crippen LogP contribution is -2.37. The second kappa shape index (κ2) is 4.91. The van der Waals surface area contributed by atoms with Crippen LogP contribution in [0.3, 0.4) is 0 Å². The molecule has 0 spiro atoms. The highest BCUT2D eigenvalue weighted by Gasteiger charge is 2.23. The molecule has 1 fully saturated rings. The predicted octanol–water partition coefficient (Wildman–Crippen LogP) is 0.702. The quantitative estimate of drug-likeness (QED) is 0.819. The maximum absolute atomic E-state index is 11.7. The number of nitrogens with zero attached hydrogens (tertiary/aromatic N) is 2. The van der Waals surface area contributed by atoms with Crippen molar-refractivity contribution in [3.8, 4) is 0 Å². The van der Waals surface area contributed by atoms with Gasteiger partial charge in [-0.2, -0.15) is 0 Å². The zero-order valence-corrected chi connectivity index (χ0v) is 9.95. The Kier molecular flexibility index (Phi) is 3.55. The lowest BCUT2D eigenvalue weighted by atomic mass is 10.3. The van der Waals surface area contributed by atoms with E-state index in [2.05, 4.69) is 20.8 Å². The van der Waals surface area contributed by atoms with Crippen LogP contribution >= 0.6 is 23.1 Å². The van der Waals surface area contributed by atoms with Crippen molar-refractivity contribution in [2.24, 2.45) is 0 Å². The summed E-state index contributed by atoms with van der Waals surface area (Å²) in [5.74, 6) is 1.65. The van der Waals surface area contributed by atoms with E-state index in [-0.39, 0.29) is 11.9 Å². The number of anilines is 1. The van der Waals surface area contributed by atoms with Gasteiger partial charge in [0.2, 0.25) is 11.0 Å². The van der Waals surface area contributed by atoms with Crippen LogP contribution in [0.1, 0.15) is 11.9 Å². The van der Waals surface area contributed by atoms with Gasteiger partial charge in [0.1, 0.15) is 5.01 Å². The molecule has 1 aromatic rings. The Hall–Kier alpha value is -0.660. The predicted molar refractivity (Wildman–Crippen MR) is 62.2 cm³/mol. The Bertz CT molecular complexity index is 348. The number of rotatable bonds is 3. The van der Waals surface area contributed by atoms with E-state index >= 15 is 0 Å². The van der Waals surface area contributed by atoms with Gasteiger partial charge in [0.05, 0.1) is 6.04 Å². The van der Waals surface area contributed by atoms with E-state index in [1.807, 2.05) is 6.92 Å². The minimum atomic E-state index is -0.0935. The lowest BCUT2D eigenvalue weighted by Gasteiger charge is -2.06. The van der Waals surface area contributed by atoms with E-state index in [0.29, 0.717) is 5.13 Å². The van der Waals surface area contributed by atoms with Gasteiger partial charge in [-0.3, -0.25) is 15.4 Å². The minimum Gasteiger partial charge on any atom is -0.299 e. The molecule has 15 heavy (non-hydrogen) atoms. The summed E-state index contributed by atoms with van der Waals surface area (Å²) >= 11 is 3.16. The van der Waals surface area contributed by atoms with Gasteiger partial charge in [-0.15, -0.1) is 22.0 Å². The van der Waals surface area contributed by atoms with Crippen LogP contribution in [0.4, 0.5) is 5.13 Å². The van der Waals surface area contributed by atoms with Crippen LogP contribution in [-0.4, -0.2) is 33.8 Å². The van der Waals surface area contributed by atoms with E-state index in [0.717, 1.165) is 23.1 Å². The first kappa shape index (κ1) is 10.8. The van der Waals surface area contributed by atoms with Crippen LogP contribution < -0.4 is 10.6 Å². The number of aromatic nitrogens is 2. The molecule has 1 aromatic heterocycles. The van der Waals surface area contributed by atoms with E-state index in [1.54, 1.807) is 11.8 Å². The highest BCUT2D eigenvalue weighted by atomic mass is 32.2. The molecule has 2 N–H and O–H groups in total. The number of carbonyl (C=O) groups excluding carboxylic acids is 1. The number of aryl methyl sites for hydroxylation is 1. The standard InChI is InChI=1S/C8H12N4OS2/c1-2-6-11-12-8(15-6)10-7(13)5-3-14-4-9-5/h5,9H,2-4H2,1H3,(H,10,12,13)/t5-/m1/s1. The molecule has 0 aromatic carbocycles. The number of hydrogen-bond acceptors (Lipinski definition) is 6. The Morgan fingerprint density at radius 3 is 3.13 bits per heavy atom. The highest BCUT2D eigenvalue weighted by molar-refractivity contribution is 7.99. The highest BCUT2D eigenvalue weighted by Crippen LogP contribution is 2.17. The molecular weight excluding hydrogens is 232 g/mol. The summed E-state index contributed by atoms with van der Waals surface area (Å²) < 4.78 is 0.